The van der Waals surface area contributed by atoms with Crippen molar-refractivity contribution >= 4 is 10.9 Å². The van der Waals surface area contributed by atoms with Gasteiger partial charge in [-0.2, -0.15) is 18.3 Å². The molecule has 1 fully saturated rings. The Morgan fingerprint density at radius 3 is 2.71 bits per heavy atom. The summed E-state index contributed by atoms with van der Waals surface area (Å²) in [5.74, 6) is -1.26. The quantitative estimate of drug-likeness (QED) is 0.738. The van der Waals surface area contributed by atoms with Crippen LogP contribution >= 0.6 is 0 Å². The van der Waals surface area contributed by atoms with Gasteiger partial charge in [0, 0.05) is 6.61 Å². The molecule has 1 aliphatic heterocycles. The largest absolute Gasteiger partial charge is 0.419 e. The Morgan fingerprint density at radius 2 is 2.10 bits per heavy atom. The summed E-state index contributed by atoms with van der Waals surface area (Å²) in [4.78, 5) is 0. The number of nitrogens with zero attached hydrogens (tertiary/aromatic N) is 2. The Labute approximate surface area is 118 Å². The van der Waals surface area contributed by atoms with Gasteiger partial charge in [0.2, 0.25) is 0 Å². The molecule has 2 aromatic rings. The first-order valence-electron chi connectivity index (χ1n) is 6.74. The number of halogens is 4. The summed E-state index contributed by atoms with van der Waals surface area (Å²) in [7, 11) is 0. The second-order valence-corrected chi connectivity index (χ2v) is 5.22. The van der Waals surface area contributed by atoms with E-state index in [-0.39, 0.29) is 17.2 Å². The minimum Gasteiger partial charge on any atom is -0.356 e. The highest BCUT2D eigenvalue weighted by Crippen LogP contribution is 2.38. The number of hydrogen-bond acceptors (Lipinski definition) is 2. The van der Waals surface area contributed by atoms with Gasteiger partial charge in [-0.15, -0.1) is 0 Å². The van der Waals surface area contributed by atoms with Gasteiger partial charge in [0.1, 0.15) is 5.82 Å². The smallest absolute Gasteiger partial charge is 0.356 e. The van der Waals surface area contributed by atoms with Gasteiger partial charge >= 0.3 is 6.18 Å². The van der Waals surface area contributed by atoms with Crippen LogP contribution in [0.3, 0.4) is 0 Å². The second kappa shape index (κ2) is 4.98. The summed E-state index contributed by atoms with van der Waals surface area (Å²) in [5.41, 5.74) is -1.03. The minimum absolute atomic E-state index is 0.123. The molecule has 0 saturated carbocycles. The van der Waals surface area contributed by atoms with Crippen LogP contribution in [0.1, 0.15) is 36.6 Å². The van der Waals surface area contributed by atoms with Crippen molar-refractivity contribution in [3.05, 3.63) is 29.2 Å². The number of rotatable bonds is 1. The molecule has 114 valence electrons. The number of alkyl halides is 3. The van der Waals surface area contributed by atoms with Gasteiger partial charge in [-0.3, -0.25) is 0 Å². The van der Waals surface area contributed by atoms with Crippen molar-refractivity contribution in [3.8, 4) is 0 Å². The van der Waals surface area contributed by atoms with Gasteiger partial charge in [-0.25, -0.2) is 9.07 Å². The Bertz CT molecular complexity index is 672. The number of fused-ring (bicyclic) bond motifs is 1. The van der Waals surface area contributed by atoms with Gasteiger partial charge < -0.3 is 4.74 Å². The monoisotopic (exact) mass is 302 g/mol. The SMILES string of the molecule is Cc1cc2c(cnn2C2CCCCO2)c(F)c1C(F)(F)F. The van der Waals surface area contributed by atoms with Gasteiger partial charge in [0.05, 0.1) is 22.7 Å². The van der Waals surface area contributed by atoms with E-state index in [4.69, 9.17) is 4.74 Å². The predicted octanol–water partition coefficient (Wildman–Crippen LogP) is 4.20. The van der Waals surface area contributed by atoms with E-state index in [2.05, 4.69) is 5.10 Å². The fourth-order valence-electron chi connectivity index (χ4n) is 2.76. The van der Waals surface area contributed by atoms with Crippen LogP contribution in [-0.4, -0.2) is 16.4 Å². The zero-order valence-corrected chi connectivity index (χ0v) is 11.4. The third-order valence-electron chi connectivity index (χ3n) is 3.75. The van der Waals surface area contributed by atoms with Gasteiger partial charge in [-0.1, -0.05) is 0 Å². The van der Waals surface area contributed by atoms with E-state index >= 15 is 0 Å². The molecule has 0 aliphatic carbocycles. The number of ether oxygens (including phenoxy) is 1. The summed E-state index contributed by atoms with van der Waals surface area (Å²) in [6.45, 7) is 1.83. The molecule has 7 heteroatoms. The van der Waals surface area contributed by atoms with Crippen LogP contribution in [0, 0.1) is 12.7 Å². The second-order valence-electron chi connectivity index (χ2n) is 5.22. The molecule has 0 N–H and O–H groups in total. The third-order valence-corrected chi connectivity index (χ3v) is 3.75. The molecule has 1 aliphatic rings. The van der Waals surface area contributed by atoms with Crippen LogP contribution in [-0.2, 0) is 10.9 Å². The number of benzene rings is 1. The molecule has 3 nitrogen and oxygen atoms in total. The maximum absolute atomic E-state index is 14.2. The predicted molar refractivity (Wildman–Crippen MR) is 68.3 cm³/mol. The van der Waals surface area contributed by atoms with Crippen LogP contribution < -0.4 is 0 Å². The molecule has 1 atom stereocenters. The Morgan fingerprint density at radius 1 is 1.33 bits per heavy atom. The molecule has 21 heavy (non-hydrogen) atoms. The van der Waals surface area contributed by atoms with Crippen molar-refractivity contribution in [1.82, 2.24) is 9.78 Å². The van der Waals surface area contributed by atoms with E-state index in [0.29, 0.717) is 12.1 Å². The summed E-state index contributed by atoms with van der Waals surface area (Å²) >= 11 is 0. The lowest BCUT2D eigenvalue weighted by Crippen LogP contribution is -2.19. The molecule has 3 rings (SSSR count). The van der Waals surface area contributed by atoms with Gasteiger partial charge in [-0.05, 0) is 37.8 Å². The zero-order chi connectivity index (χ0) is 15.2. The number of aryl methyl sites for hydroxylation is 1. The van der Waals surface area contributed by atoms with Crippen LogP contribution in [0.2, 0.25) is 0 Å². The van der Waals surface area contributed by atoms with Crippen molar-refractivity contribution in [2.45, 2.75) is 38.6 Å². The lowest BCUT2D eigenvalue weighted by atomic mass is 10.0. The minimum atomic E-state index is -4.72. The first kappa shape index (κ1) is 14.3. The molecule has 1 aromatic carbocycles. The van der Waals surface area contributed by atoms with Crippen molar-refractivity contribution in [3.63, 3.8) is 0 Å². The first-order chi connectivity index (χ1) is 9.89. The molecular weight excluding hydrogens is 288 g/mol. The van der Waals surface area contributed by atoms with Crippen LogP contribution in [0.15, 0.2) is 12.3 Å². The summed E-state index contributed by atoms with van der Waals surface area (Å²) in [6.07, 6.45) is -1.30. The normalized spacial score (nSPS) is 20.1. The van der Waals surface area contributed by atoms with Crippen LogP contribution in [0.5, 0.6) is 0 Å². The van der Waals surface area contributed by atoms with Crippen LogP contribution in [0.25, 0.3) is 10.9 Å². The van der Waals surface area contributed by atoms with E-state index in [1.165, 1.54) is 17.7 Å². The highest BCUT2D eigenvalue weighted by molar-refractivity contribution is 5.81. The molecule has 0 amide bonds. The average molecular weight is 302 g/mol. The highest BCUT2D eigenvalue weighted by atomic mass is 19.4. The molecule has 1 saturated heterocycles. The summed E-state index contributed by atoms with van der Waals surface area (Å²) in [6, 6.07) is 1.33. The van der Waals surface area contributed by atoms with Crippen molar-refractivity contribution in [1.29, 1.82) is 0 Å². The Hall–Kier alpha value is -1.63. The van der Waals surface area contributed by atoms with Crippen molar-refractivity contribution in [2.24, 2.45) is 0 Å². The number of aromatic nitrogens is 2. The molecule has 0 radical (unpaired) electrons. The number of hydrogen-bond donors (Lipinski definition) is 0. The topological polar surface area (TPSA) is 27.1 Å². The van der Waals surface area contributed by atoms with E-state index in [9.17, 15) is 17.6 Å². The lowest BCUT2D eigenvalue weighted by Gasteiger charge is -2.23. The molecule has 2 heterocycles. The van der Waals surface area contributed by atoms with Crippen molar-refractivity contribution in [2.75, 3.05) is 6.61 Å². The zero-order valence-electron chi connectivity index (χ0n) is 11.4. The Kier molecular flexibility index (Phi) is 3.39. The van der Waals surface area contributed by atoms with Crippen LogP contribution in [0.4, 0.5) is 17.6 Å². The molecular formula is C14H14F4N2O. The van der Waals surface area contributed by atoms with E-state index in [0.717, 1.165) is 25.5 Å². The summed E-state index contributed by atoms with van der Waals surface area (Å²) < 4.78 is 60.0. The maximum Gasteiger partial charge on any atom is 0.419 e. The van der Waals surface area contributed by atoms with E-state index in [1.54, 1.807) is 0 Å². The summed E-state index contributed by atoms with van der Waals surface area (Å²) in [5, 5.41) is 3.91. The Balaban J connectivity index is 2.15. The molecule has 0 bridgehead atoms. The lowest BCUT2D eigenvalue weighted by molar-refractivity contribution is -0.140. The standard InChI is InChI=1S/C14H14F4N2O/c1-8-6-10-9(13(15)12(8)14(16,17)18)7-19-20(10)11-4-2-3-5-21-11/h6-7,11H,2-5H2,1H3. The van der Waals surface area contributed by atoms with Gasteiger partial charge in [0.15, 0.2) is 6.23 Å². The van der Waals surface area contributed by atoms with Crippen molar-refractivity contribution < 1.29 is 22.3 Å². The third kappa shape index (κ3) is 2.39. The van der Waals surface area contributed by atoms with Gasteiger partial charge in [0.25, 0.3) is 0 Å². The molecule has 1 unspecified atom stereocenters. The van der Waals surface area contributed by atoms with E-state index in [1.807, 2.05) is 0 Å². The fourth-order valence-corrected chi connectivity index (χ4v) is 2.76. The maximum atomic E-state index is 14.2. The molecule has 1 aromatic heterocycles. The first-order valence-corrected chi connectivity index (χ1v) is 6.74. The average Bonchev–Trinajstić information content (AvgIpc) is 2.82. The molecule has 0 spiro atoms. The highest BCUT2D eigenvalue weighted by Gasteiger charge is 2.37. The fraction of sp³-hybridized carbons (Fsp3) is 0.500. The van der Waals surface area contributed by atoms with E-state index < -0.39 is 17.6 Å².